The molecule has 0 atom stereocenters. The number of aromatic nitrogens is 2. The van der Waals surface area contributed by atoms with Gasteiger partial charge in [0.25, 0.3) is 15.2 Å². The van der Waals surface area contributed by atoms with Crippen molar-refractivity contribution in [2.45, 2.75) is 24.9 Å². The lowest BCUT2D eigenvalue weighted by molar-refractivity contribution is 0.569. The van der Waals surface area contributed by atoms with Crippen LogP contribution in [0.25, 0.3) is 0 Å². The average molecular weight is 215 g/mol. The summed E-state index contributed by atoms with van der Waals surface area (Å²) >= 11 is 0. The standard InChI is InChI=1S/C8H13N3O2S/c1-2-3-7-11-14(12,13)8-9-5-4-6-10-8/h4-6,11H,2-3,7H2,1H3. The van der Waals surface area contributed by atoms with Gasteiger partial charge in [0.2, 0.25) is 0 Å². The second kappa shape index (κ2) is 5.02. The van der Waals surface area contributed by atoms with Crippen LogP contribution >= 0.6 is 0 Å². The Bertz CT molecular complexity index is 363. The highest BCUT2D eigenvalue weighted by molar-refractivity contribution is 7.89. The Morgan fingerprint density at radius 1 is 1.36 bits per heavy atom. The van der Waals surface area contributed by atoms with Crippen molar-refractivity contribution in [2.24, 2.45) is 0 Å². The molecular formula is C8H13N3O2S. The first-order valence-corrected chi connectivity index (χ1v) is 5.92. The van der Waals surface area contributed by atoms with Gasteiger partial charge in [-0.05, 0) is 12.5 Å². The molecule has 78 valence electrons. The van der Waals surface area contributed by atoms with E-state index in [4.69, 9.17) is 0 Å². The van der Waals surface area contributed by atoms with Crippen LogP contribution in [0, 0.1) is 0 Å². The normalized spacial score (nSPS) is 11.5. The number of unbranched alkanes of at least 4 members (excludes halogenated alkanes) is 1. The Hall–Kier alpha value is -1.01. The zero-order chi connectivity index (χ0) is 10.4. The molecule has 14 heavy (non-hydrogen) atoms. The van der Waals surface area contributed by atoms with Gasteiger partial charge >= 0.3 is 0 Å². The third-order valence-electron chi connectivity index (χ3n) is 1.60. The first kappa shape index (κ1) is 11.1. The van der Waals surface area contributed by atoms with Gasteiger partial charge in [-0.3, -0.25) is 0 Å². The highest BCUT2D eigenvalue weighted by atomic mass is 32.2. The summed E-state index contributed by atoms with van der Waals surface area (Å²) in [5.41, 5.74) is 0. The Balaban J connectivity index is 2.67. The quantitative estimate of drug-likeness (QED) is 0.575. The fraction of sp³-hybridized carbons (Fsp3) is 0.500. The molecule has 0 aliphatic rings. The molecule has 0 aliphatic carbocycles. The molecule has 0 bridgehead atoms. The third kappa shape index (κ3) is 3.04. The first-order valence-electron chi connectivity index (χ1n) is 4.43. The van der Waals surface area contributed by atoms with Crippen LogP contribution in [0.1, 0.15) is 19.8 Å². The molecule has 0 saturated carbocycles. The Kier molecular flexibility index (Phi) is 3.97. The highest BCUT2D eigenvalue weighted by Crippen LogP contribution is 1.98. The maximum Gasteiger partial charge on any atom is 0.276 e. The molecule has 0 amide bonds. The minimum atomic E-state index is -3.50. The molecule has 0 spiro atoms. The Labute approximate surface area is 83.6 Å². The van der Waals surface area contributed by atoms with E-state index in [0.29, 0.717) is 6.54 Å². The van der Waals surface area contributed by atoms with Gasteiger partial charge in [0, 0.05) is 18.9 Å². The molecule has 1 N–H and O–H groups in total. The summed E-state index contributed by atoms with van der Waals surface area (Å²) in [7, 11) is -3.50. The minimum absolute atomic E-state index is 0.170. The van der Waals surface area contributed by atoms with Gasteiger partial charge in [-0.25, -0.2) is 23.1 Å². The van der Waals surface area contributed by atoms with E-state index >= 15 is 0 Å². The van der Waals surface area contributed by atoms with Gasteiger partial charge in [-0.15, -0.1) is 0 Å². The van der Waals surface area contributed by atoms with Crippen molar-refractivity contribution in [3.05, 3.63) is 18.5 Å². The van der Waals surface area contributed by atoms with Crippen LogP contribution in [0.4, 0.5) is 0 Å². The molecule has 0 aromatic carbocycles. The first-order chi connectivity index (χ1) is 6.67. The summed E-state index contributed by atoms with van der Waals surface area (Å²) in [5.74, 6) is 0. The van der Waals surface area contributed by atoms with E-state index in [-0.39, 0.29) is 5.16 Å². The maximum atomic E-state index is 11.5. The van der Waals surface area contributed by atoms with Crippen molar-refractivity contribution >= 4 is 10.0 Å². The van der Waals surface area contributed by atoms with Gasteiger partial charge in [0.15, 0.2) is 0 Å². The second-order valence-corrected chi connectivity index (χ2v) is 4.44. The summed E-state index contributed by atoms with van der Waals surface area (Å²) < 4.78 is 25.4. The second-order valence-electron chi connectivity index (χ2n) is 2.78. The van der Waals surface area contributed by atoms with E-state index in [1.807, 2.05) is 6.92 Å². The predicted molar refractivity (Wildman–Crippen MR) is 52.1 cm³/mol. The lowest BCUT2D eigenvalue weighted by Crippen LogP contribution is -2.26. The van der Waals surface area contributed by atoms with E-state index in [1.165, 1.54) is 12.4 Å². The van der Waals surface area contributed by atoms with E-state index in [2.05, 4.69) is 14.7 Å². The van der Waals surface area contributed by atoms with Gasteiger partial charge in [0.05, 0.1) is 0 Å². The van der Waals surface area contributed by atoms with Gasteiger partial charge in [-0.2, -0.15) is 0 Å². The van der Waals surface area contributed by atoms with E-state index < -0.39 is 10.0 Å². The smallest absolute Gasteiger partial charge is 0.226 e. The minimum Gasteiger partial charge on any atom is -0.226 e. The highest BCUT2D eigenvalue weighted by Gasteiger charge is 2.15. The van der Waals surface area contributed by atoms with Crippen LogP contribution < -0.4 is 4.72 Å². The predicted octanol–water partition coefficient (Wildman–Crippen LogP) is 0.555. The van der Waals surface area contributed by atoms with E-state index in [1.54, 1.807) is 6.07 Å². The lowest BCUT2D eigenvalue weighted by Gasteiger charge is -2.02. The van der Waals surface area contributed by atoms with Crippen molar-refractivity contribution in [1.29, 1.82) is 0 Å². The summed E-state index contributed by atoms with van der Waals surface area (Å²) in [5, 5.41) is -0.170. The van der Waals surface area contributed by atoms with Crippen molar-refractivity contribution in [3.8, 4) is 0 Å². The number of sulfonamides is 1. The summed E-state index contributed by atoms with van der Waals surface area (Å²) in [6.07, 6.45) is 4.56. The van der Waals surface area contributed by atoms with Crippen LogP contribution in [0.2, 0.25) is 0 Å². The number of nitrogens with zero attached hydrogens (tertiary/aromatic N) is 2. The number of nitrogens with one attached hydrogen (secondary N) is 1. The van der Waals surface area contributed by atoms with E-state index in [9.17, 15) is 8.42 Å². The fourth-order valence-corrected chi connectivity index (χ4v) is 1.81. The zero-order valence-corrected chi connectivity index (χ0v) is 8.79. The van der Waals surface area contributed by atoms with Crippen LogP contribution in [0.5, 0.6) is 0 Å². The summed E-state index contributed by atoms with van der Waals surface area (Å²) in [6.45, 7) is 2.42. The topological polar surface area (TPSA) is 72.0 Å². The molecule has 1 aromatic rings. The van der Waals surface area contributed by atoms with Gasteiger partial charge in [0.1, 0.15) is 0 Å². The number of hydrogen-bond acceptors (Lipinski definition) is 4. The van der Waals surface area contributed by atoms with Crippen LogP contribution in [-0.4, -0.2) is 24.9 Å². The van der Waals surface area contributed by atoms with Crippen molar-refractivity contribution in [3.63, 3.8) is 0 Å². The maximum absolute atomic E-state index is 11.5. The monoisotopic (exact) mass is 215 g/mol. The molecule has 0 aliphatic heterocycles. The molecule has 6 heteroatoms. The van der Waals surface area contributed by atoms with E-state index in [0.717, 1.165) is 12.8 Å². The van der Waals surface area contributed by atoms with Crippen molar-refractivity contribution in [1.82, 2.24) is 14.7 Å². The molecule has 0 fully saturated rings. The van der Waals surface area contributed by atoms with Crippen LogP contribution in [0.3, 0.4) is 0 Å². The van der Waals surface area contributed by atoms with Gasteiger partial charge < -0.3 is 0 Å². The Morgan fingerprint density at radius 3 is 2.57 bits per heavy atom. The molecule has 0 unspecified atom stereocenters. The molecule has 1 rings (SSSR count). The van der Waals surface area contributed by atoms with Crippen LogP contribution in [-0.2, 0) is 10.0 Å². The zero-order valence-electron chi connectivity index (χ0n) is 7.97. The largest absolute Gasteiger partial charge is 0.276 e. The fourth-order valence-electron chi connectivity index (χ4n) is 0.872. The molecule has 1 aromatic heterocycles. The molecule has 5 nitrogen and oxygen atoms in total. The number of hydrogen-bond donors (Lipinski definition) is 1. The van der Waals surface area contributed by atoms with Crippen molar-refractivity contribution < 1.29 is 8.42 Å². The molecular weight excluding hydrogens is 202 g/mol. The summed E-state index contributed by atoms with van der Waals surface area (Å²) in [4.78, 5) is 7.34. The molecule has 0 saturated heterocycles. The number of rotatable bonds is 5. The Morgan fingerprint density at radius 2 is 2.00 bits per heavy atom. The third-order valence-corrected chi connectivity index (χ3v) is 2.88. The summed E-state index contributed by atoms with van der Waals surface area (Å²) in [6, 6.07) is 1.57. The van der Waals surface area contributed by atoms with Crippen LogP contribution in [0.15, 0.2) is 23.6 Å². The van der Waals surface area contributed by atoms with Crippen molar-refractivity contribution in [2.75, 3.05) is 6.54 Å². The molecule has 1 heterocycles. The average Bonchev–Trinajstić information content (AvgIpc) is 2.19. The SMILES string of the molecule is CCCCNS(=O)(=O)c1ncccn1. The van der Waals surface area contributed by atoms with Gasteiger partial charge in [-0.1, -0.05) is 13.3 Å². The molecule has 0 radical (unpaired) electrons. The lowest BCUT2D eigenvalue weighted by atomic mass is 10.3.